The summed E-state index contributed by atoms with van der Waals surface area (Å²) in [6, 6.07) is 56.5. The van der Waals surface area contributed by atoms with Crippen LogP contribution in [0.5, 0.6) is 0 Å². The van der Waals surface area contributed by atoms with E-state index in [1.54, 1.807) is 0 Å². The summed E-state index contributed by atoms with van der Waals surface area (Å²) in [6.07, 6.45) is 0. The van der Waals surface area contributed by atoms with E-state index >= 15 is 0 Å². The third-order valence-corrected chi connectivity index (χ3v) is 9.99. The van der Waals surface area contributed by atoms with Gasteiger partial charge in [-0.3, -0.25) is 4.57 Å². The zero-order chi connectivity index (χ0) is 33.5. The van der Waals surface area contributed by atoms with Gasteiger partial charge in [0.25, 0.3) is 0 Å². The zero-order valence-electron chi connectivity index (χ0n) is 27.2. The van der Waals surface area contributed by atoms with Gasteiger partial charge in [0, 0.05) is 49.1 Å². The highest BCUT2D eigenvalue weighted by Crippen LogP contribution is 2.43. The van der Waals surface area contributed by atoms with Crippen molar-refractivity contribution >= 4 is 65.6 Å². The summed E-state index contributed by atoms with van der Waals surface area (Å²) in [7, 11) is 0. The van der Waals surface area contributed by atoms with Crippen molar-refractivity contribution in [1.82, 2.24) is 24.1 Å². The predicted molar refractivity (Wildman–Crippen MR) is 207 cm³/mol. The van der Waals surface area contributed by atoms with Crippen molar-refractivity contribution in [2.45, 2.75) is 0 Å². The van der Waals surface area contributed by atoms with Crippen molar-refractivity contribution in [3.63, 3.8) is 0 Å². The molecule has 0 fully saturated rings. The Bertz CT molecular complexity index is 3080. The van der Waals surface area contributed by atoms with Gasteiger partial charge in [0.2, 0.25) is 5.95 Å². The van der Waals surface area contributed by atoms with Gasteiger partial charge in [-0.05, 0) is 42.5 Å². The average molecular weight is 654 g/mol. The summed E-state index contributed by atoms with van der Waals surface area (Å²) in [6.45, 7) is 0. The number of furan rings is 1. The van der Waals surface area contributed by atoms with Gasteiger partial charge in [-0.1, -0.05) is 121 Å². The number of benzene rings is 7. The van der Waals surface area contributed by atoms with E-state index < -0.39 is 0 Å². The number of fused-ring (bicyclic) bond motifs is 10. The molecule has 0 radical (unpaired) electrons. The van der Waals surface area contributed by atoms with Crippen LogP contribution in [-0.2, 0) is 0 Å². The number of aromatic nitrogens is 5. The van der Waals surface area contributed by atoms with Gasteiger partial charge in [0.05, 0.1) is 22.1 Å². The molecule has 7 aromatic carbocycles. The average Bonchev–Trinajstić information content (AvgIpc) is 3.86. The molecule has 6 nitrogen and oxygen atoms in total. The fraction of sp³-hybridized carbons (Fsp3) is 0. The highest BCUT2D eigenvalue weighted by molar-refractivity contribution is 6.23. The second-order valence-corrected chi connectivity index (χ2v) is 12.8. The predicted octanol–water partition coefficient (Wildman–Crippen LogP) is 11.3. The Kier molecular flexibility index (Phi) is 5.86. The number of hydrogen-bond acceptors (Lipinski definition) is 4. The maximum absolute atomic E-state index is 6.86. The van der Waals surface area contributed by atoms with Crippen LogP contribution in [0.15, 0.2) is 168 Å². The molecule has 238 valence electrons. The Hall–Kier alpha value is -7.05. The first kappa shape index (κ1) is 27.9. The third kappa shape index (κ3) is 4.07. The van der Waals surface area contributed by atoms with E-state index in [1.165, 1.54) is 5.39 Å². The van der Waals surface area contributed by atoms with Gasteiger partial charge in [0.15, 0.2) is 17.2 Å². The SMILES string of the molecule is c1ccc(-c2nc(-c3cccc4oc5c(ccc6c7ccccc7n(-c7ccccc7)c65)c34)nc(-n3c4ccccc4c4ccccc43)n2)cc1. The fourth-order valence-electron chi connectivity index (χ4n) is 7.80. The van der Waals surface area contributed by atoms with Gasteiger partial charge in [0.1, 0.15) is 5.58 Å². The second-order valence-electron chi connectivity index (χ2n) is 12.8. The third-order valence-electron chi connectivity index (χ3n) is 9.99. The van der Waals surface area contributed by atoms with E-state index in [2.05, 4.69) is 124 Å². The lowest BCUT2D eigenvalue weighted by molar-refractivity contribution is 0.671. The molecule has 0 saturated carbocycles. The summed E-state index contributed by atoms with van der Waals surface area (Å²) in [4.78, 5) is 15.6. The molecule has 6 heteroatoms. The molecular weight excluding hydrogens is 627 g/mol. The van der Waals surface area contributed by atoms with Crippen LogP contribution >= 0.6 is 0 Å². The topological polar surface area (TPSA) is 61.7 Å². The molecule has 0 aliphatic carbocycles. The Labute approximate surface area is 291 Å². The summed E-state index contributed by atoms with van der Waals surface area (Å²) in [5, 5.41) is 6.60. The van der Waals surface area contributed by atoms with Gasteiger partial charge >= 0.3 is 0 Å². The quantitative estimate of drug-likeness (QED) is 0.190. The molecule has 51 heavy (non-hydrogen) atoms. The minimum atomic E-state index is 0.563. The first-order chi connectivity index (χ1) is 25.3. The first-order valence-electron chi connectivity index (χ1n) is 17.0. The fourth-order valence-corrected chi connectivity index (χ4v) is 7.80. The maximum Gasteiger partial charge on any atom is 0.238 e. The molecule has 4 aromatic heterocycles. The van der Waals surface area contributed by atoms with E-state index in [-0.39, 0.29) is 0 Å². The molecule has 0 saturated heterocycles. The van der Waals surface area contributed by atoms with Crippen molar-refractivity contribution in [2.24, 2.45) is 0 Å². The number of nitrogens with zero attached hydrogens (tertiary/aromatic N) is 5. The van der Waals surface area contributed by atoms with E-state index in [0.717, 1.165) is 77.0 Å². The van der Waals surface area contributed by atoms with E-state index in [9.17, 15) is 0 Å². The van der Waals surface area contributed by atoms with Crippen molar-refractivity contribution in [1.29, 1.82) is 0 Å². The molecule has 0 amide bonds. The van der Waals surface area contributed by atoms with Crippen LogP contribution in [0.1, 0.15) is 0 Å². The second kappa shape index (κ2) is 10.7. The minimum absolute atomic E-state index is 0.563. The molecule has 11 aromatic rings. The van der Waals surface area contributed by atoms with Crippen LogP contribution in [0.25, 0.3) is 100.0 Å². The number of para-hydroxylation sites is 4. The highest BCUT2D eigenvalue weighted by atomic mass is 16.3. The molecule has 0 bridgehead atoms. The van der Waals surface area contributed by atoms with E-state index in [4.69, 9.17) is 19.4 Å². The molecule has 0 N–H and O–H groups in total. The van der Waals surface area contributed by atoms with Crippen LogP contribution in [0.3, 0.4) is 0 Å². The maximum atomic E-state index is 6.86. The lowest BCUT2D eigenvalue weighted by Crippen LogP contribution is -2.06. The highest BCUT2D eigenvalue weighted by Gasteiger charge is 2.23. The molecule has 0 aliphatic rings. The summed E-state index contributed by atoms with van der Waals surface area (Å²) in [5.74, 6) is 1.75. The zero-order valence-corrected chi connectivity index (χ0v) is 27.2. The first-order valence-corrected chi connectivity index (χ1v) is 17.0. The Morgan fingerprint density at radius 3 is 1.69 bits per heavy atom. The Balaban J connectivity index is 1.23. The molecule has 0 spiro atoms. The van der Waals surface area contributed by atoms with Crippen molar-refractivity contribution in [3.05, 3.63) is 164 Å². The van der Waals surface area contributed by atoms with Gasteiger partial charge in [-0.2, -0.15) is 9.97 Å². The van der Waals surface area contributed by atoms with Gasteiger partial charge in [-0.15, -0.1) is 0 Å². The monoisotopic (exact) mass is 653 g/mol. The number of rotatable bonds is 4. The van der Waals surface area contributed by atoms with Crippen molar-refractivity contribution < 1.29 is 4.42 Å². The molecule has 11 rings (SSSR count). The van der Waals surface area contributed by atoms with Gasteiger partial charge in [-0.25, -0.2) is 4.98 Å². The Morgan fingerprint density at radius 1 is 0.412 bits per heavy atom. The lowest BCUT2D eigenvalue weighted by atomic mass is 10.0. The summed E-state index contributed by atoms with van der Waals surface area (Å²) in [5.41, 5.74) is 8.74. The lowest BCUT2D eigenvalue weighted by Gasteiger charge is -2.11. The van der Waals surface area contributed by atoms with E-state index in [1.807, 2.05) is 48.5 Å². The summed E-state index contributed by atoms with van der Waals surface area (Å²) >= 11 is 0. The minimum Gasteiger partial charge on any atom is -0.454 e. The molecule has 0 aliphatic heterocycles. The smallest absolute Gasteiger partial charge is 0.238 e. The molecule has 0 unspecified atom stereocenters. The molecule has 4 heterocycles. The van der Waals surface area contributed by atoms with Crippen LogP contribution < -0.4 is 0 Å². The van der Waals surface area contributed by atoms with Crippen LogP contribution in [-0.4, -0.2) is 24.1 Å². The Morgan fingerprint density at radius 2 is 0.980 bits per heavy atom. The molecular formula is C45H27N5O. The standard InChI is InChI=1S/C45H27N5O/c1-3-14-28(15-4-1)43-46-44(48-45(47-43)50-37-23-11-7-18-30(37)31-19-8-12-24-38(31)50)35-21-13-25-39-40(35)34-27-26-33-32-20-9-10-22-36(32)49(41(33)42(34)51-39)29-16-5-2-6-17-29/h1-27H. The van der Waals surface area contributed by atoms with Crippen LogP contribution in [0.4, 0.5) is 0 Å². The van der Waals surface area contributed by atoms with Crippen LogP contribution in [0.2, 0.25) is 0 Å². The summed E-state index contributed by atoms with van der Waals surface area (Å²) < 4.78 is 11.3. The molecule has 0 atom stereocenters. The van der Waals surface area contributed by atoms with E-state index in [0.29, 0.717) is 17.6 Å². The van der Waals surface area contributed by atoms with Crippen molar-refractivity contribution in [2.75, 3.05) is 0 Å². The largest absolute Gasteiger partial charge is 0.454 e. The normalized spacial score (nSPS) is 11.9. The number of hydrogen-bond donors (Lipinski definition) is 0. The van der Waals surface area contributed by atoms with Gasteiger partial charge < -0.3 is 8.98 Å². The van der Waals surface area contributed by atoms with Crippen molar-refractivity contribution in [3.8, 4) is 34.4 Å². The van der Waals surface area contributed by atoms with Crippen LogP contribution in [0, 0.1) is 0 Å².